The summed E-state index contributed by atoms with van der Waals surface area (Å²) in [6.45, 7) is 0. The van der Waals surface area contributed by atoms with E-state index in [4.69, 9.17) is 16.0 Å². The Hall–Kier alpha value is -2.15. The van der Waals surface area contributed by atoms with Crippen molar-refractivity contribution in [1.82, 2.24) is 10.2 Å². The Labute approximate surface area is 154 Å². The van der Waals surface area contributed by atoms with Crippen LogP contribution in [0.2, 0.25) is 5.02 Å². The van der Waals surface area contributed by atoms with Crippen LogP contribution in [0.15, 0.2) is 64.2 Å². The molecule has 0 aliphatic rings. The van der Waals surface area contributed by atoms with Crippen LogP contribution in [-0.2, 0) is 6.42 Å². The van der Waals surface area contributed by atoms with Crippen LogP contribution in [0.1, 0.15) is 27.9 Å². The number of rotatable bonds is 7. The lowest BCUT2D eigenvalue weighted by Gasteiger charge is -2.03. The standard InChI is InChI=1S/C18H16ClN3O2S/c19-14-8-6-13(7-9-14)16(23)11-25-18-22-21-17(24-18)15(20)10-12-4-2-1-3-5-12/h1-9,15H,10-11,20H2/p+1/t15-/m0/s1. The minimum Gasteiger partial charge on any atom is -0.410 e. The maximum Gasteiger partial charge on any atom is 0.277 e. The third-order valence-corrected chi connectivity index (χ3v) is 4.66. The topological polar surface area (TPSA) is 83.6 Å². The van der Waals surface area contributed by atoms with Crippen molar-refractivity contribution in [3.05, 3.63) is 76.6 Å². The van der Waals surface area contributed by atoms with E-state index in [0.717, 1.165) is 12.0 Å². The first-order valence-corrected chi connectivity index (χ1v) is 9.10. The molecule has 2 aromatic carbocycles. The van der Waals surface area contributed by atoms with Gasteiger partial charge in [-0.1, -0.05) is 53.7 Å². The Balaban J connectivity index is 1.56. The van der Waals surface area contributed by atoms with Gasteiger partial charge in [0.25, 0.3) is 11.1 Å². The second kappa shape index (κ2) is 8.29. The number of nitrogens with zero attached hydrogens (tertiary/aromatic N) is 2. The number of carbonyl (C=O) groups is 1. The maximum atomic E-state index is 12.1. The molecule has 0 unspecified atom stereocenters. The first-order chi connectivity index (χ1) is 12.1. The minimum atomic E-state index is -0.129. The molecular weight excluding hydrogens is 358 g/mol. The Morgan fingerprint density at radius 1 is 1.12 bits per heavy atom. The largest absolute Gasteiger partial charge is 0.410 e. The molecule has 0 aliphatic heterocycles. The molecule has 1 atom stereocenters. The van der Waals surface area contributed by atoms with Crippen LogP contribution in [0.4, 0.5) is 0 Å². The predicted octanol–water partition coefficient (Wildman–Crippen LogP) is 3.22. The maximum absolute atomic E-state index is 12.1. The van der Waals surface area contributed by atoms with Crippen LogP contribution in [-0.4, -0.2) is 21.7 Å². The van der Waals surface area contributed by atoms with Gasteiger partial charge in [0.05, 0.1) is 5.75 Å². The van der Waals surface area contributed by atoms with E-state index >= 15 is 0 Å². The number of Topliss-reactive ketones (excluding diaryl/α,β-unsaturated/α-hetero) is 1. The number of hydrogen-bond donors (Lipinski definition) is 1. The second-order valence-electron chi connectivity index (χ2n) is 5.51. The van der Waals surface area contributed by atoms with Gasteiger partial charge in [0, 0.05) is 17.0 Å². The van der Waals surface area contributed by atoms with Gasteiger partial charge in [-0.25, -0.2) is 0 Å². The minimum absolute atomic E-state index is 0.0168. The smallest absolute Gasteiger partial charge is 0.277 e. The number of halogens is 1. The molecule has 1 heterocycles. The van der Waals surface area contributed by atoms with E-state index in [0.29, 0.717) is 21.7 Å². The monoisotopic (exact) mass is 374 g/mol. The summed E-state index contributed by atoms with van der Waals surface area (Å²) >= 11 is 7.05. The molecule has 0 aliphatic carbocycles. The van der Waals surface area contributed by atoms with Gasteiger partial charge in [0.2, 0.25) is 0 Å². The zero-order chi connectivity index (χ0) is 17.6. The molecule has 3 N–H and O–H groups in total. The molecule has 3 aromatic rings. The highest BCUT2D eigenvalue weighted by Gasteiger charge is 2.19. The molecule has 0 saturated heterocycles. The van der Waals surface area contributed by atoms with E-state index in [2.05, 4.69) is 15.9 Å². The Morgan fingerprint density at radius 3 is 2.56 bits per heavy atom. The van der Waals surface area contributed by atoms with Gasteiger partial charge in [-0.3, -0.25) is 4.79 Å². The normalized spacial score (nSPS) is 12.1. The highest BCUT2D eigenvalue weighted by Crippen LogP contribution is 2.21. The van der Waals surface area contributed by atoms with Crippen molar-refractivity contribution in [2.75, 3.05) is 5.75 Å². The molecular formula is C18H17ClN3O2S+. The Morgan fingerprint density at radius 2 is 1.84 bits per heavy atom. The van der Waals surface area contributed by atoms with E-state index in [9.17, 15) is 4.79 Å². The summed E-state index contributed by atoms with van der Waals surface area (Å²) in [5.74, 6) is 0.686. The van der Waals surface area contributed by atoms with Gasteiger partial charge in [-0.15, -0.1) is 10.2 Å². The Bertz CT molecular complexity index is 837. The molecule has 1 aromatic heterocycles. The third-order valence-electron chi connectivity index (χ3n) is 3.59. The van der Waals surface area contributed by atoms with Crippen LogP contribution in [0.25, 0.3) is 0 Å². The summed E-state index contributed by atoms with van der Waals surface area (Å²) in [6.07, 6.45) is 0.719. The van der Waals surface area contributed by atoms with Crippen molar-refractivity contribution in [3.63, 3.8) is 0 Å². The number of hydrogen-bond acceptors (Lipinski definition) is 5. The van der Waals surface area contributed by atoms with Crippen LogP contribution >= 0.6 is 23.4 Å². The molecule has 0 fully saturated rings. The molecule has 0 spiro atoms. The Kier molecular flexibility index (Phi) is 5.86. The predicted molar refractivity (Wildman–Crippen MR) is 96.6 cm³/mol. The van der Waals surface area contributed by atoms with Crippen molar-refractivity contribution in [3.8, 4) is 0 Å². The number of quaternary nitrogens is 1. The number of thioether (sulfide) groups is 1. The van der Waals surface area contributed by atoms with E-state index in [1.807, 2.05) is 30.3 Å². The third kappa shape index (κ3) is 4.92. The lowest BCUT2D eigenvalue weighted by Crippen LogP contribution is -2.54. The molecule has 128 valence electrons. The van der Waals surface area contributed by atoms with Crippen molar-refractivity contribution >= 4 is 29.1 Å². The summed E-state index contributed by atoms with van der Waals surface area (Å²) in [7, 11) is 0. The molecule has 3 rings (SSSR count). The summed E-state index contributed by atoms with van der Waals surface area (Å²) in [6, 6.07) is 16.7. The average Bonchev–Trinajstić information content (AvgIpc) is 3.10. The molecule has 0 bridgehead atoms. The molecule has 0 saturated carbocycles. The number of aromatic nitrogens is 2. The summed E-state index contributed by atoms with van der Waals surface area (Å²) in [4.78, 5) is 12.1. The van der Waals surface area contributed by atoms with Crippen LogP contribution in [0.5, 0.6) is 0 Å². The second-order valence-corrected chi connectivity index (χ2v) is 6.87. The van der Waals surface area contributed by atoms with Crippen molar-refractivity contribution < 1.29 is 14.9 Å². The molecule has 5 nitrogen and oxygen atoms in total. The zero-order valence-corrected chi connectivity index (χ0v) is 15.0. The van der Waals surface area contributed by atoms with E-state index < -0.39 is 0 Å². The lowest BCUT2D eigenvalue weighted by atomic mass is 10.1. The van der Waals surface area contributed by atoms with Gasteiger partial charge in [-0.2, -0.15) is 0 Å². The van der Waals surface area contributed by atoms with E-state index in [1.54, 1.807) is 24.3 Å². The quantitative estimate of drug-likeness (QED) is 0.507. The van der Waals surface area contributed by atoms with Crippen molar-refractivity contribution in [1.29, 1.82) is 0 Å². The fourth-order valence-corrected chi connectivity index (χ4v) is 3.07. The first kappa shape index (κ1) is 17.7. The van der Waals surface area contributed by atoms with Gasteiger partial charge < -0.3 is 10.2 Å². The van der Waals surface area contributed by atoms with E-state index in [1.165, 1.54) is 11.8 Å². The van der Waals surface area contributed by atoms with Gasteiger partial charge in [0.1, 0.15) is 0 Å². The fourth-order valence-electron chi connectivity index (χ4n) is 2.28. The van der Waals surface area contributed by atoms with E-state index in [-0.39, 0.29) is 17.6 Å². The van der Waals surface area contributed by atoms with Crippen LogP contribution < -0.4 is 5.73 Å². The van der Waals surface area contributed by atoms with Gasteiger partial charge in [0.15, 0.2) is 11.8 Å². The zero-order valence-electron chi connectivity index (χ0n) is 13.4. The highest BCUT2D eigenvalue weighted by atomic mass is 35.5. The summed E-state index contributed by atoms with van der Waals surface area (Å²) < 4.78 is 5.63. The number of benzene rings is 2. The number of carbonyl (C=O) groups excluding carboxylic acids is 1. The van der Waals surface area contributed by atoms with Gasteiger partial charge in [-0.05, 0) is 29.8 Å². The lowest BCUT2D eigenvalue weighted by molar-refractivity contribution is -0.431. The SMILES string of the molecule is [NH3+][C@@H](Cc1ccccc1)c1nnc(SCC(=O)c2ccc(Cl)cc2)o1. The fraction of sp³-hybridized carbons (Fsp3) is 0.167. The first-order valence-electron chi connectivity index (χ1n) is 7.74. The number of ketones is 1. The summed E-state index contributed by atoms with van der Waals surface area (Å²) in [5.41, 5.74) is 5.85. The molecule has 7 heteroatoms. The van der Waals surface area contributed by atoms with Gasteiger partial charge >= 0.3 is 0 Å². The summed E-state index contributed by atoms with van der Waals surface area (Å²) in [5, 5.41) is 9.01. The van der Waals surface area contributed by atoms with Crippen molar-refractivity contribution in [2.24, 2.45) is 0 Å². The average molecular weight is 375 g/mol. The molecule has 0 amide bonds. The molecule has 25 heavy (non-hydrogen) atoms. The van der Waals surface area contributed by atoms with Crippen LogP contribution in [0.3, 0.4) is 0 Å². The van der Waals surface area contributed by atoms with Crippen molar-refractivity contribution in [2.45, 2.75) is 17.7 Å². The highest BCUT2D eigenvalue weighted by molar-refractivity contribution is 7.99. The molecule has 0 radical (unpaired) electrons. The van der Waals surface area contributed by atoms with Crippen LogP contribution in [0, 0.1) is 0 Å².